The van der Waals surface area contributed by atoms with Crippen LogP contribution in [0.3, 0.4) is 0 Å². The molecule has 1 rings (SSSR count). The molecule has 1 N–H and O–H groups in total. The Morgan fingerprint density at radius 1 is 1.56 bits per heavy atom. The predicted molar refractivity (Wildman–Crippen MR) is 62.7 cm³/mol. The fraction of sp³-hybridized carbons (Fsp3) is 0.455. The zero-order valence-corrected chi connectivity index (χ0v) is 9.69. The molecule has 88 valence electrons. The highest BCUT2D eigenvalue weighted by Gasteiger charge is 1.97. The van der Waals surface area contributed by atoms with Crippen LogP contribution >= 0.6 is 0 Å². The molecule has 0 saturated carbocycles. The molecule has 0 fully saturated rings. The first kappa shape index (κ1) is 12.4. The fourth-order valence-electron chi connectivity index (χ4n) is 1.02. The Labute approximate surface area is 95.5 Å². The van der Waals surface area contributed by atoms with E-state index in [4.69, 9.17) is 9.47 Å². The average molecular weight is 223 g/mol. The summed E-state index contributed by atoms with van der Waals surface area (Å²) in [6.07, 6.45) is 1.64. The van der Waals surface area contributed by atoms with Crippen LogP contribution in [-0.2, 0) is 4.74 Å². The summed E-state index contributed by atoms with van der Waals surface area (Å²) in [6.45, 7) is 7.50. The zero-order valence-electron chi connectivity index (χ0n) is 9.69. The molecule has 0 aliphatic carbocycles. The first-order valence-corrected chi connectivity index (χ1v) is 5.05. The Kier molecular flexibility index (Phi) is 5.28. The molecule has 0 saturated heterocycles. The van der Waals surface area contributed by atoms with Crippen LogP contribution in [0.1, 0.15) is 6.92 Å². The minimum absolute atomic E-state index is 0.540. The van der Waals surface area contributed by atoms with Crippen LogP contribution in [0.2, 0.25) is 0 Å². The number of anilines is 1. The molecule has 0 unspecified atom stereocenters. The van der Waals surface area contributed by atoms with Crippen molar-refractivity contribution in [2.45, 2.75) is 6.92 Å². The Hall–Kier alpha value is -1.62. The maximum absolute atomic E-state index is 5.32. The monoisotopic (exact) mass is 223 g/mol. The van der Waals surface area contributed by atoms with E-state index in [1.807, 2.05) is 6.92 Å². The number of hydrogen-bond acceptors (Lipinski definition) is 5. The first-order valence-electron chi connectivity index (χ1n) is 5.05. The highest BCUT2D eigenvalue weighted by Crippen LogP contribution is 2.06. The van der Waals surface area contributed by atoms with E-state index >= 15 is 0 Å². The van der Waals surface area contributed by atoms with Gasteiger partial charge in [0.05, 0.1) is 20.3 Å². The molecular formula is C11H17N3O2. The van der Waals surface area contributed by atoms with E-state index in [9.17, 15) is 0 Å². The lowest BCUT2D eigenvalue weighted by atomic mass is 10.4. The van der Waals surface area contributed by atoms with Crippen LogP contribution < -0.4 is 10.1 Å². The second kappa shape index (κ2) is 6.79. The highest BCUT2D eigenvalue weighted by atomic mass is 16.5. The number of nitrogens with zero attached hydrogens (tertiary/aromatic N) is 2. The molecule has 0 bridgehead atoms. The quantitative estimate of drug-likeness (QED) is 0.560. The van der Waals surface area contributed by atoms with Crippen LogP contribution in [0.5, 0.6) is 5.88 Å². The van der Waals surface area contributed by atoms with Gasteiger partial charge >= 0.3 is 0 Å². The Morgan fingerprint density at radius 3 is 3.06 bits per heavy atom. The highest BCUT2D eigenvalue weighted by molar-refractivity contribution is 5.27. The smallest absolute Gasteiger partial charge is 0.226 e. The lowest BCUT2D eigenvalue weighted by Gasteiger charge is -2.06. The van der Waals surface area contributed by atoms with Crippen molar-refractivity contribution in [2.24, 2.45) is 0 Å². The van der Waals surface area contributed by atoms with Gasteiger partial charge in [-0.05, 0) is 6.92 Å². The summed E-state index contributed by atoms with van der Waals surface area (Å²) in [4.78, 5) is 8.15. The molecule has 0 atom stereocenters. The summed E-state index contributed by atoms with van der Waals surface area (Å²) >= 11 is 0. The second-order valence-electron chi connectivity index (χ2n) is 3.36. The first-order chi connectivity index (χ1) is 7.72. The number of nitrogens with one attached hydrogen (secondary N) is 1. The van der Waals surface area contributed by atoms with Crippen molar-refractivity contribution in [2.75, 3.05) is 32.2 Å². The molecule has 1 aromatic heterocycles. The van der Waals surface area contributed by atoms with E-state index in [-0.39, 0.29) is 0 Å². The third-order valence-electron chi connectivity index (χ3n) is 1.72. The topological polar surface area (TPSA) is 56.3 Å². The van der Waals surface area contributed by atoms with Crippen LogP contribution in [0.15, 0.2) is 24.4 Å². The molecule has 0 amide bonds. The zero-order chi connectivity index (χ0) is 11.8. The van der Waals surface area contributed by atoms with Crippen LogP contribution in [-0.4, -0.2) is 36.8 Å². The normalized spacial score (nSPS) is 9.88. The van der Waals surface area contributed by atoms with Gasteiger partial charge in [0, 0.05) is 18.8 Å². The Bertz CT molecular complexity index is 342. The van der Waals surface area contributed by atoms with Gasteiger partial charge in [-0.2, -0.15) is 4.98 Å². The molecule has 0 aliphatic heterocycles. The molecule has 1 aromatic rings. The van der Waals surface area contributed by atoms with E-state index in [1.54, 1.807) is 19.4 Å². The fourth-order valence-corrected chi connectivity index (χ4v) is 1.02. The molecule has 1 heterocycles. The van der Waals surface area contributed by atoms with Gasteiger partial charge in [0.2, 0.25) is 11.8 Å². The van der Waals surface area contributed by atoms with E-state index in [2.05, 4.69) is 21.9 Å². The molecule has 0 radical (unpaired) electrons. The standard InChI is InChI=1S/C11H17N3O2/c1-9(2)8-16-7-6-13-11-12-5-4-10(14-11)15-3/h4-5H,1,6-8H2,2-3H3,(H,12,13,14). The van der Waals surface area contributed by atoms with E-state index in [0.717, 1.165) is 5.57 Å². The minimum atomic E-state index is 0.540. The van der Waals surface area contributed by atoms with Gasteiger partial charge in [-0.25, -0.2) is 4.98 Å². The van der Waals surface area contributed by atoms with E-state index in [1.165, 1.54) is 0 Å². The van der Waals surface area contributed by atoms with Gasteiger partial charge in [-0.3, -0.25) is 0 Å². The van der Waals surface area contributed by atoms with Gasteiger partial charge in [0.25, 0.3) is 0 Å². The third kappa shape index (κ3) is 4.75. The van der Waals surface area contributed by atoms with E-state index in [0.29, 0.717) is 31.6 Å². The summed E-state index contributed by atoms with van der Waals surface area (Å²) < 4.78 is 10.3. The molecule has 5 heteroatoms. The molecule has 16 heavy (non-hydrogen) atoms. The molecule has 0 aromatic carbocycles. The van der Waals surface area contributed by atoms with Crippen molar-refractivity contribution >= 4 is 5.95 Å². The summed E-state index contributed by atoms with van der Waals surface area (Å²) in [5.41, 5.74) is 1.01. The third-order valence-corrected chi connectivity index (χ3v) is 1.72. The summed E-state index contributed by atoms with van der Waals surface area (Å²) in [5, 5.41) is 3.04. The number of ether oxygens (including phenoxy) is 2. The second-order valence-corrected chi connectivity index (χ2v) is 3.36. The van der Waals surface area contributed by atoms with Crippen molar-refractivity contribution in [1.82, 2.24) is 9.97 Å². The maximum Gasteiger partial charge on any atom is 0.226 e. The van der Waals surface area contributed by atoms with Crippen molar-refractivity contribution in [3.05, 3.63) is 24.4 Å². The summed E-state index contributed by atoms with van der Waals surface area (Å²) in [5.74, 6) is 1.08. The predicted octanol–water partition coefficient (Wildman–Crippen LogP) is 1.49. The summed E-state index contributed by atoms with van der Waals surface area (Å²) in [6, 6.07) is 1.70. The van der Waals surface area contributed by atoms with Crippen LogP contribution in [0.4, 0.5) is 5.95 Å². The SMILES string of the molecule is C=C(C)COCCNc1nccc(OC)n1. The van der Waals surface area contributed by atoms with Gasteiger partial charge in [0.1, 0.15) is 0 Å². The van der Waals surface area contributed by atoms with Crippen molar-refractivity contribution in [1.29, 1.82) is 0 Å². The Balaban J connectivity index is 2.23. The lowest BCUT2D eigenvalue weighted by Crippen LogP contribution is -2.12. The van der Waals surface area contributed by atoms with Gasteiger partial charge < -0.3 is 14.8 Å². The lowest BCUT2D eigenvalue weighted by molar-refractivity contribution is 0.167. The Morgan fingerprint density at radius 2 is 2.38 bits per heavy atom. The van der Waals surface area contributed by atoms with Gasteiger partial charge in [0.15, 0.2) is 0 Å². The van der Waals surface area contributed by atoms with Gasteiger partial charge in [-0.1, -0.05) is 12.2 Å². The maximum atomic E-state index is 5.32. The van der Waals surface area contributed by atoms with Gasteiger partial charge in [-0.15, -0.1) is 0 Å². The number of methoxy groups -OCH3 is 1. The molecule has 0 aliphatic rings. The van der Waals surface area contributed by atoms with E-state index < -0.39 is 0 Å². The van der Waals surface area contributed by atoms with Crippen LogP contribution in [0, 0.1) is 0 Å². The largest absolute Gasteiger partial charge is 0.481 e. The van der Waals surface area contributed by atoms with Crippen molar-refractivity contribution in [3.63, 3.8) is 0 Å². The molecule has 5 nitrogen and oxygen atoms in total. The minimum Gasteiger partial charge on any atom is -0.481 e. The number of hydrogen-bond donors (Lipinski definition) is 1. The number of aromatic nitrogens is 2. The summed E-state index contributed by atoms with van der Waals surface area (Å²) in [7, 11) is 1.57. The average Bonchev–Trinajstić information content (AvgIpc) is 2.28. The molecule has 0 spiro atoms. The van der Waals surface area contributed by atoms with Crippen molar-refractivity contribution < 1.29 is 9.47 Å². The molecular weight excluding hydrogens is 206 g/mol. The van der Waals surface area contributed by atoms with Crippen molar-refractivity contribution in [3.8, 4) is 5.88 Å². The number of rotatable bonds is 7. The van der Waals surface area contributed by atoms with Crippen LogP contribution in [0.25, 0.3) is 0 Å².